The molecule has 1 aromatic carbocycles. The van der Waals surface area contributed by atoms with Gasteiger partial charge in [0.05, 0.1) is 11.1 Å². The summed E-state index contributed by atoms with van der Waals surface area (Å²) in [6.07, 6.45) is -3.75. The van der Waals surface area contributed by atoms with E-state index in [1.807, 2.05) is 6.07 Å². The third-order valence-electron chi connectivity index (χ3n) is 2.60. The quantitative estimate of drug-likeness (QED) is 0.751. The van der Waals surface area contributed by atoms with Crippen LogP contribution in [0.1, 0.15) is 16.7 Å². The lowest BCUT2D eigenvalue weighted by molar-refractivity contribution is -0.137. The minimum atomic E-state index is -4.44. The Morgan fingerprint density at radius 2 is 2.00 bits per heavy atom. The fourth-order valence-electron chi connectivity index (χ4n) is 1.56. The number of halogens is 4. The number of ether oxygens (including phenoxy) is 1. The van der Waals surface area contributed by atoms with E-state index in [-0.39, 0.29) is 17.2 Å². The van der Waals surface area contributed by atoms with Gasteiger partial charge in [0.1, 0.15) is 11.8 Å². The minimum absolute atomic E-state index is 0.00825. The van der Waals surface area contributed by atoms with Gasteiger partial charge in [-0.15, -0.1) is 0 Å². The van der Waals surface area contributed by atoms with Gasteiger partial charge < -0.3 is 4.74 Å². The molecule has 3 nitrogen and oxygen atoms in total. The van der Waals surface area contributed by atoms with Gasteiger partial charge in [-0.1, -0.05) is 22.0 Å². The van der Waals surface area contributed by atoms with Crippen molar-refractivity contribution in [2.75, 3.05) is 0 Å². The van der Waals surface area contributed by atoms with Gasteiger partial charge in [-0.25, -0.2) is 4.98 Å². The van der Waals surface area contributed by atoms with Gasteiger partial charge in [-0.3, -0.25) is 0 Å². The predicted octanol–water partition coefficient (Wildman–Crippen LogP) is 4.66. The second-order valence-corrected chi connectivity index (χ2v) is 4.62. The van der Waals surface area contributed by atoms with Crippen LogP contribution < -0.4 is 4.74 Å². The van der Waals surface area contributed by atoms with E-state index in [0.717, 1.165) is 17.7 Å². The predicted molar refractivity (Wildman–Crippen MR) is 73.1 cm³/mol. The van der Waals surface area contributed by atoms with Gasteiger partial charge in [0.15, 0.2) is 0 Å². The van der Waals surface area contributed by atoms with E-state index in [4.69, 9.17) is 10.00 Å². The van der Waals surface area contributed by atoms with Crippen LogP contribution in [0.5, 0.6) is 11.6 Å². The van der Waals surface area contributed by atoms with Crippen LogP contribution in [0.25, 0.3) is 0 Å². The number of nitrogens with zero attached hydrogens (tertiary/aromatic N) is 2. The molecule has 0 saturated heterocycles. The molecule has 0 fully saturated rings. The number of rotatable bonds is 3. The Morgan fingerprint density at radius 1 is 1.24 bits per heavy atom. The molecule has 0 radical (unpaired) electrons. The van der Waals surface area contributed by atoms with Crippen LogP contribution in [0.4, 0.5) is 13.2 Å². The van der Waals surface area contributed by atoms with Gasteiger partial charge in [0, 0.05) is 17.6 Å². The molecule has 1 aromatic heterocycles. The first-order valence-electron chi connectivity index (χ1n) is 5.74. The number of hydrogen-bond donors (Lipinski definition) is 0. The topological polar surface area (TPSA) is 45.9 Å². The van der Waals surface area contributed by atoms with E-state index in [9.17, 15) is 13.2 Å². The third kappa shape index (κ3) is 3.73. The molecule has 0 N–H and O–H groups in total. The van der Waals surface area contributed by atoms with Crippen LogP contribution in [0, 0.1) is 11.3 Å². The average Bonchev–Trinajstić information content (AvgIpc) is 2.47. The van der Waals surface area contributed by atoms with E-state index in [1.54, 1.807) is 18.2 Å². The van der Waals surface area contributed by atoms with Crippen molar-refractivity contribution in [3.05, 3.63) is 53.2 Å². The minimum Gasteiger partial charge on any atom is -0.438 e. The van der Waals surface area contributed by atoms with E-state index < -0.39 is 11.7 Å². The van der Waals surface area contributed by atoms with Crippen LogP contribution in [-0.4, -0.2) is 4.98 Å². The number of aromatic nitrogens is 1. The number of pyridine rings is 1. The number of nitriles is 1. The molecule has 0 aliphatic carbocycles. The van der Waals surface area contributed by atoms with Crippen molar-refractivity contribution in [3.63, 3.8) is 0 Å². The molecule has 2 rings (SSSR count). The molecular formula is C14H8BrF3N2O. The first-order valence-corrected chi connectivity index (χ1v) is 6.86. The fraction of sp³-hybridized carbons (Fsp3) is 0.143. The molecule has 7 heteroatoms. The first-order chi connectivity index (χ1) is 9.94. The smallest absolute Gasteiger partial charge is 0.417 e. The summed E-state index contributed by atoms with van der Waals surface area (Å²) in [4.78, 5) is 3.60. The number of hydrogen-bond acceptors (Lipinski definition) is 3. The average molecular weight is 357 g/mol. The second-order valence-electron chi connectivity index (χ2n) is 4.06. The largest absolute Gasteiger partial charge is 0.438 e. The lowest BCUT2D eigenvalue weighted by atomic mass is 10.1. The highest BCUT2D eigenvalue weighted by molar-refractivity contribution is 9.08. The maximum atomic E-state index is 12.4. The maximum Gasteiger partial charge on any atom is 0.417 e. The Bertz CT molecular complexity index is 678. The number of benzene rings is 1. The van der Waals surface area contributed by atoms with Gasteiger partial charge in [-0.2, -0.15) is 18.4 Å². The second kappa shape index (κ2) is 6.14. The van der Waals surface area contributed by atoms with Crippen molar-refractivity contribution >= 4 is 15.9 Å². The summed E-state index contributed by atoms with van der Waals surface area (Å²) < 4.78 is 42.6. The van der Waals surface area contributed by atoms with E-state index in [0.29, 0.717) is 11.5 Å². The van der Waals surface area contributed by atoms with Crippen LogP contribution in [0.2, 0.25) is 0 Å². The summed E-state index contributed by atoms with van der Waals surface area (Å²) in [6, 6.07) is 8.92. The zero-order chi connectivity index (χ0) is 15.5. The van der Waals surface area contributed by atoms with Crippen LogP contribution in [-0.2, 0) is 11.5 Å². The monoisotopic (exact) mass is 356 g/mol. The Hall–Kier alpha value is -2.07. The molecule has 21 heavy (non-hydrogen) atoms. The standard InChI is InChI=1S/C14H8BrF3N2O/c15-6-9-1-3-12(10(5-9)7-19)21-13-4-2-11(8-20-13)14(16,17)18/h1-5,8H,6H2. The molecule has 0 bridgehead atoms. The van der Waals surface area contributed by atoms with Gasteiger partial charge >= 0.3 is 6.18 Å². The highest BCUT2D eigenvalue weighted by Crippen LogP contribution is 2.30. The van der Waals surface area contributed by atoms with Crippen molar-refractivity contribution in [2.24, 2.45) is 0 Å². The Labute approximate surface area is 127 Å². The van der Waals surface area contributed by atoms with Gasteiger partial charge in [-0.05, 0) is 23.8 Å². The SMILES string of the molecule is N#Cc1cc(CBr)ccc1Oc1ccc(C(F)(F)F)cn1. The van der Waals surface area contributed by atoms with Gasteiger partial charge in [0.25, 0.3) is 0 Å². The molecule has 1 heterocycles. The first kappa shape index (κ1) is 15.3. The van der Waals surface area contributed by atoms with Crippen molar-refractivity contribution in [1.29, 1.82) is 5.26 Å². The molecular weight excluding hydrogens is 349 g/mol. The number of alkyl halides is 4. The van der Waals surface area contributed by atoms with Crippen LogP contribution >= 0.6 is 15.9 Å². The fourth-order valence-corrected chi connectivity index (χ4v) is 1.91. The van der Waals surface area contributed by atoms with E-state index in [1.165, 1.54) is 0 Å². The van der Waals surface area contributed by atoms with Crippen molar-refractivity contribution in [3.8, 4) is 17.7 Å². The zero-order valence-corrected chi connectivity index (χ0v) is 12.1. The maximum absolute atomic E-state index is 12.4. The summed E-state index contributed by atoms with van der Waals surface area (Å²) in [5, 5.41) is 9.64. The summed E-state index contributed by atoms with van der Waals surface area (Å²) in [5.74, 6) is 0.237. The summed E-state index contributed by atoms with van der Waals surface area (Å²) in [5.41, 5.74) is 0.318. The molecule has 108 valence electrons. The van der Waals surface area contributed by atoms with E-state index in [2.05, 4.69) is 20.9 Å². The molecule has 0 atom stereocenters. The molecule has 0 aliphatic heterocycles. The highest BCUT2D eigenvalue weighted by atomic mass is 79.9. The van der Waals surface area contributed by atoms with Crippen LogP contribution in [0.3, 0.4) is 0 Å². The van der Waals surface area contributed by atoms with Crippen molar-refractivity contribution < 1.29 is 17.9 Å². The molecule has 0 aliphatic rings. The molecule has 2 aromatic rings. The Kier molecular flexibility index (Phi) is 4.48. The third-order valence-corrected chi connectivity index (χ3v) is 3.24. The zero-order valence-electron chi connectivity index (χ0n) is 10.5. The molecule has 0 unspecified atom stereocenters. The summed E-state index contributed by atoms with van der Waals surface area (Å²) in [6.45, 7) is 0. The molecule has 0 saturated carbocycles. The van der Waals surface area contributed by atoms with Crippen molar-refractivity contribution in [2.45, 2.75) is 11.5 Å². The highest BCUT2D eigenvalue weighted by Gasteiger charge is 2.30. The van der Waals surface area contributed by atoms with E-state index >= 15 is 0 Å². The summed E-state index contributed by atoms with van der Waals surface area (Å²) in [7, 11) is 0. The summed E-state index contributed by atoms with van der Waals surface area (Å²) >= 11 is 3.27. The normalized spacial score (nSPS) is 11.0. The Morgan fingerprint density at radius 3 is 2.52 bits per heavy atom. The van der Waals surface area contributed by atoms with Gasteiger partial charge in [0.2, 0.25) is 5.88 Å². The Balaban J connectivity index is 2.25. The molecule has 0 amide bonds. The molecule has 0 spiro atoms. The van der Waals surface area contributed by atoms with Crippen molar-refractivity contribution in [1.82, 2.24) is 4.98 Å². The lowest BCUT2D eigenvalue weighted by Gasteiger charge is -2.09. The van der Waals surface area contributed by atoms with Crippen LogP contribution in [0.15, 0.2) is 36.5 Å². The lowest BCUT2D eigenvalue weighted by Crippen LogP contribution is -2.05.